The number of allylic oxidation sites excluding steroid dienone is 1. The summed E-state index contributed by atoms with van der Waals surface area (Å²) in [5.74, 6) is 0.513. The maximum atomic E-state index is 13.6. The first kappa shape index (κ1) is 22.9. The molecule has 1 fully saturated rings. The standard InChI is InChI=1S/C25H33N3O3S/c1-15-6-9-18-19(12-15)32-27-20(26-18)14-21(29)28(11-10-25(2,3)4)23-17-8-7-16(13-17)22(23)24(30)31-5/h6-9,12,16-17,22-23H,10-11,13-14H2,1-5H3,(H,26,27). The van der Waals surface area contributed by atoms with Gasteiger partial charge in [-0.1, -0.05) is 39.0 Å². The number of hydrogen-bond acceptors (Lipinski definition) is 6. The van der Waals surface area contributed by atoms with Gasteiger partial charge >= 0.3 is 5.97 Å². The van der Waals surface area contributed by atoms with Crippen LogP contribution in [0.4, 0.5) is 5.69 Å². The van der Waals surface area contributed by atoms with Gasteiger partial charge in [-0.3, -0.25) is 9.59 Å². The fraction of sp³-hybridized carbons (Fsp3) is 0.560. The van der Waals surface area contributed by atoms with E-state index in [1.807, 2.05) is 17.0 Å². The molecule has 1 heterocycles. The summed E-state index contributed by atoms with van der Waals surface area (Å²) in [4.78, 5) is 34.0. The van der Waals surface area contributed by atoms with Crippen LogP contribution in [-0.2, 0) is 14.3 Å². The molecule has 1 amide bonds. The smallest absolute Gasteiger partial charge is 0.311 e. The van der Waals surface area contributed by atoms with E-state index in [2.05, 4.69) is 50.6 Å². The molecule has 0 saturated heterocycles. The molecule has 3 aliphatic rings. The van der Waals surface area contributed by atoms with Gasteiger partial charge in [0.25, 0.3) is 0 Å². The second kappa shape index (κ2) is 8.93. The average Bonchev–Trinajstić information content (AvgIpc) is 3.34. The minimum absolute atomic E-state index is 0.0107. The number of ether oxygens (including phenoxy) is 1. The van der Waals surface area contributed by atoms with Gasteiger partial charge < -0.3 is 14.4 Å². The van der Waals surface area contributed by atoms with Gasteiger partial charge in [0.2, 0.25) is 5.91 Å². The summed E-state index contributed by atoms with van der Waals surface area (Å²) in [6, 6.07) is 5.96. The highest BCUT2D eigenvalue weighted by molar-refractivity contribution is 7.98. The Morgan fingerprint density at radius 1 is 1.25 bits per heavy atom. The first-order chi connectivity index (χ1) is 15.2. The van der Waals surface area contributed by atoms with Gasteiger partial charge in [-0.15, -0.1) is 0 Å². The molecule has 1 saturated carbocycles. The Morgan fingerprint density at radius 3 is 2.72 bits per heavy atom. The molecule has 1 aromatic rings. The Labute approximate surface area is 195 Å². The molecule has 0 radical (unpaired) electrons. The van der Waals surface area contributed by atoms with Gasteiger partial charge in [-0.2, -0.15) is 0 Å². The number of amides is 1. The van der Waals surface area contributed by atoms with Crippen LogP contribution in [0.5, 0.6) is 0 Å². The summed E-state index contributed by atoms with van der Waals surface area (Å²) < 4.78 is 8.38. The number of methoxy groups -OCH3 is 1. The third-order valence-corrected chi connectivity index (χ3v) is 7.53. The highest BCUT2D eigenvalue weighted by Crippen LogP contribution is 2.47. The van der Waals surface area contributed by atoms with Crippen molar-refractivity contribution in [2.75, 3.05) is 13.7 Å². The number of nitrogens with zero attached hydrogens (tertiary/aromatic N) is 2. The molecule has 4 unspecified atom stereocenters. The number of carbonyl (C=O) groups is 2. The van der Waals surface area contributed by atoms with Gasteiger partial charge in [0.05, 0.1) is 36.1 Å². The first-order valence-electron chi connectivity index (χ1n) is 11.3. The molecule has 1 aromatic carbocycles. The largest absolute Gasteiger partial charge is 0.469 e. The SMILES string of the molecule is COC(=O)C1C2C=CC(C2)C1N(CCC(C)(C)C)C(=O)CC1=Nc2ccc(C)cc2SN1. The van der Waals surface area contributed by atoms with Crippen LogP contribution >= 0.6 is 11.9 Å². The molecule has 2 aliphatic carbocycles. The Balaban J connectivity index is 1.58. The molecule has 1 N–H and O–H groups in total. The number of rotatable bonds is 6. The summed E-state index contributed by atoms with van der Waals surface area (Å²) in [7, 11) is 1.44. The molecule has 4 rings (SSSR count). The van der Waals surface area contributed by atoms with E-state index in [0.29, 0.717) is 12.4 Å². The van der Waals surface area contributed by atoms with E-state index in [1.54, 1.807) is 0 Å². The molecule has 2 bridgehead atoms. The van der Waals surface area contributed by atoms with Crippen LogP contribution in [0.1, 0.15) is 45.6 Å². The minimum Gasteiger partial charge on any atom is -0.469 e. The number of hydrogen-bond donors (Lipinski definition) is 1. The molecule has 0 aromatic heterocycles. The summed E-state index contributed by atoms with van der Waals surface area (Å²) in [5.41, 5.74) is 2.15. The molecule has 6 nitrogen and oxygen atoms in total. The highest BCUT2D eigenvalue weighted by Gasteiger charge is 2.52. The first-order valence-corrected chi connectivity index (χ1v) is 12.1. The van der Waals surface area contributed by atoms with Crippen molar-refractivity contribution in [2.45, 2.75) is 57.9 Å². The maximum Gasteiger partial charge on any atom is 0.311 e. The number of fused-ring (bicyclic) bond motifs is 3. The topological polar surface area (TPSA) is 71.0 Å². The number of benzene rings is 1. The van der Waals surface area contributed by atoms with Crippen LogP contribution in [0.15, 0.2) is 40.2 Å². The van der Waals surface area contributed by atoms with E-state index in [1.165, 1.54) is 24.6 Å². The second-order valence-electron chi connectivity index (χ2n) is 10.3. The van der Waals surface area contributed by atoms with Crippen molar-refractivity contribution in [3.05, 3.63) is 35.9 Å². The molecule has 7 heteroatoms. The number of esters is 1. The van der Waals surface area contributed by atoms with Gasteiger partial charge in [-0.25, -0.2) is 4.99 Å². The molecular formula is C25H33N3O3S. The van der Waals surface area contributed by atoms with Crippen LogP contribution in [0.3, 0.4) is 0 Å². The Kier molecular flexibility index (Phi) is 6.39. The second-order valence-corrected chi connectivity index (χ2v) is 11.1. The molecule has 4 atom stereocenters. The van der Waals surface area contributed by atoms with Crippen molar-refractivity contribution < 1.29 is 14.3 Å². The van der Waals surface area contributed by atoms with Crippen molar-refractivity contribution in [1.82, 2.24) is 9.62 Å². The number of amidine groups is 1. The van der Waals surface area contributed by atoms with E-state index < -0.39 is 0 Å². The summed E-state index contributed by atoms with van der Waals surface area (Å²) in [6.07, 6.45) is 6.26. The normalized spacial score (nSPS) is 25.7. The van der Waals surface area contributed by atoms with Crippen LogP contribution in [-0.4, -0.2) is 42.3 Å². The Bertz CT molecular complexity index is 966. The van der Waals surface area contributed by atoms with Crippen LogP contribution in [0.2, 0.25) is 0 Å². The summed E-state index contributed by atoms with van der Waals surface area (Å²) in [5, 5.41) is 0. The molecule has 32 heavy (non-hydrogen) atoms. The lowest BCUT2D eigenvalue weighted by atomic mass is 9.86. The maximum absolute atomic E-state index is 13.6. The lowest BCUT2D eigenvalue weighted by Gasteiger charge is -2.38. The van der Waals surface area contributed by atoms with Crippen molar-refractivity contribution in [1.29, 1.82) is 0 Å². The number of aliphatic imine (C=N–C) groups is 1. The lowest BCUT2D eigenvalue weighted by molar-refractivity contribution is -0.150. The van der Waals surface area contributed by atoms with Crippen molar-refractivity contribution in [3.63, 3.8) is 0 Å². The summed E-state index contributed by atoms with van der Waals surface area (Å²) >= 11 is 1.50. The third kappa shape index (κ3) is 4.72. The molecule has 0 spiro atoms. The zero-order valence-electron chi connectivity index (χ0n) is 19.6. The summed E-state index contributed by atoms with van der Waals surface area (Å²) in [6.45, 7) is 9.20. The van der Waals surface area contributed by atoms with Gasteiger partial charge in [0, 0.05) is 6.54 Å². The van der Waals surface area contributed by atoms with Crippen molar-refractivity contribution in [2.24, 2.45) is 28.2 Å². The van der Waals surface area contributed by atoms with E-state index in [4.69, 9.17) is 9.73 Å². The lowest BCUT2D eigenvalue weighted by Crippen LogP contribution is -2.51. The van der Waals surface area contributed by atoms with E-state index in [9.17, 15) is 9.59 Å². The van der Waals surface area contributed by atoms with Crippen molar-refractivity contribution in [3.8, 4) is 0 Å². The van der Waals surface area contributed by atoms with Gasteiger partial charge in [-0.05, 0) is 66.7 Å². The van der Waals surface area contributed by atoms with Crippen LogP contribution in [0, 0.1) is 30.1 Å². The number of aryl methyl sites for hydroxylation is 1. The molecule has 172 valence electrons. The van der Waals surface area contributed by atoms with Crippen LogP contribution in [0.25, 0.3) is 0 Å². The van der Waals surface area contributed by atoms with Gasteiger partial charge in [0.1, 0.15) is 5.84 Å². The fourth-order valence-electron chi connectivity index (χ4n) is 4.97. The van der Waals surface area contributed by atoms with E-state index in [0.717, 1.165) is 23.4 Å². The third-order valence-electron chi connectivity index (χ3n) is 6.64. The van der Waals surface area contributed by atoms with Crippen molar-refractivity contribution >= 4 is 35.3 Å². The fourth-order valence-corrected chi connectivity index (χ4v) is 5.77. The number of carbonyl (C=O) groups excluding carboxylic acids is 2. The predicted octanol–water partition coefficient (Wildman–Crippen LogP) is 4.65. The average molecular weight is 456 g/mol. The van der Waals surface area contributed by atoms with Gasteiger partial charge in [0.15, 0.2) is 0 Å². The number of nitrogens with one attached hydrogen (secondary N) is 1. The quantitative estimate of drug-likeness (QED) is 0.384. The minimum atomic E-state index is -0.293. The predicted molar refractivity (Wildman–Crippen MR) is 128 cm³/mol. The van der Waals surface area contributed by atoms with Crippen LogP contribution < -0.4 is 4.72 Å². The Morgan fingerprint density at radius 2 is 2.00 bits per heavy atom. The van der Waals surface area contributed by atoms with E-state index >= 15 is 0 Å². The molecule has 1 aliphatic heterocycles. The highest BCUT2D eigenvalue weighted by atomic mass is 32.2. The zero-order chi connectivity index (χ0) is 23.0. The Hall–Kier alpha value is -2.28. The zero-order valence-corrected chi connectivity index (χ0v) is 20.4. The molecular weight excluding hydrogens is 422 g/mol. The van der Waals surface area contributed by atoms with E-state index in [-0.39, 0.29) is 47.5 Å². The monoisotopic (exact) mass is 455 g/mol.